The van der Waals surface area contributed by atoms with Gasteiger partial charge in [-0.25, -0.2) is 22.2 Å². The van der Waals surface area contributed by atoms with Crippen molar-refractivity contribution in [3.63, 3.8) is 0 Å². The highest BCUT2D eigenvalue weighted by molar-refractivity contribution is 7.93. The van der Waals surface area contributed by atoms with Gasteiger partial charge in [0.25, 0.3) is 10.0 Å². The molecule has 4 rings (SSSR count). The third-order valence-electron chi connectivity index (χ3n) is 4.85. The third kappa shape index (κ3) is 5.15. The molecule has 31 heavy (non-hydrogen) atoms. The van der Waals surface area contributed by atoms with E-state index in [1.54, 1.807) is 5.38 Å². The molecular formula is C20H19ClF2N4O2S2. The summed E-state index contributed by atoms with van der Waals surface area (Å²) in [6.07, 6.45) is 0.596. The Bertz CT molecular complexity index is 1140. The van der Waals surface area contributed by atoms with Crippen LogP contribution in [0.25, 0.3) is 0 Å². The first-order valence-corrected chi connectivity index (χ1v) is 12.1. The molecule has 0 amide bonds. The summed E-state index contributed by atoms with van der Waals surface area (Å²) < 4.78 is 55.4. The summed E-state index contributed by atoms with van der Waals surface area (Å²) in [5.74, 6) is -0.949. The second-order valence-electron chi connectivity index (χ2n) is 7.13. The Labute approximate surface area is 187 Å². The molecule has 0 aliphatic carbocycles. The molecule has 2 N–H and O–H groups in total. The minimum Gasteiger partial charge on any atom is -0.376 e. The van der Waals surface area contributed by atoms with Crippen LogP contribution in [0.5, 0.6) is 0 Å². The summed E-state index contributed by atoms with van der Waals surface area (Å²) in [7, 11) is -4.19. The third-order valence-corrected chi connectivity index (χ3v) is 7.33. The van der Waals surface area contributed by atoms with Gasteiger partial charge in [-0.1, -0.05) is 41.9 Å². The number of hydrogen-bond acceptors (Lipinski definition) is 6. The summed E-state index contributed by atoms with van der Waals surface area (Å²) >= 11 is 7.40. The van der Waals surface area contributed by atoms with E-state index < -0.39 is 26.9 Å². The van der Waals surface area contributed by atoms with Gasteiger partial charge in [-0.15, -0.1) is 11.3 Å². The molecule has 164 valence electrons. The van der Waals surface area contributed by atoms with E-state index in [2.05, 4.69) is 15.0 Å². The molecule has 3 aromatic rings. The summed E-state index contributed by atoms with van der Waals surface area (Å²) in [5, 5.41) is 4.96. The van der Waals surface area contributed by atoms with Crippen LogP contribution in [0.4, 0.5) is 19.6 Å². The monoisotopic (exact) mass is 484 g/mol. The molecule has 0 radical (unpaired) electrons. The van der Waals surface area contributed by atoms with Crippen molar-refractivity contribution in [1.29, 1.82) is 0 Å². The number of benzene rings is 2. The van der Waals surface area contributed by atoms with E-state index in [0.717, 1.165) is 29.0 Å². The molecule has 1 atom stereocenters. The second kappa shape index (κ2) is 9.07. The molecule has 1 aromatic heterocycles. The summed E-state index contributed by atoms with van der Waals surface area (Å²) in [4.78, 5) is 5.21. The van der Waals surface area contributed by atoms with Crippen LogP contribution in [-0.2, 0) is 10.0 Å². The van der Waals surface area contributed by atoms with E-state index in [0.29, 0.717) is 19.6 Å². The summed E-state index contributed by atoms with van der Waals surface area (Å²) in [6.45, 7) is 1.17. The van der Waals surface area contributed by atoms with Gasteiger partial charge in [-0.05, 0) is 17.7 Å². The first-order chi connectivity index (χ1) is 14.8. The van der Waals surface area contributed by atoms with Crippen LogP contribution in [0.1, 0.15) is 11.6 Å². The highest BCUT2D eigenvalue weighted by Gasteiger charge is 2.29. The highest BCUT2D eigenvalue weighted by atomic mass is 35.5. The topological polar surface area (TPSA) is 74.3 Å². The second-order valence-corrected chi connectivity index (χ2v) is 10.1. The van der Waals surface area contributed by atoms with E-state index in [9.17, 15) is 17.2 Å². The van der Waals surface area contributed by atoms with Gasteiger partial charge in [-0.2, -0.15) is 0 Å². The van der Waals surface area contributed by atoms with Crippen LogP contribution in [0.2, 0.25) is 5.02 Å². The zero-order valence-electron chi connectivity index (χ0n) is 16.1. The lowest BCUT2D eigenvalue weighted by molar-refractivity contribution is 0.0622. The van der Waals surface area contributed by atoms with Crippen LogP contribution >= 0.6 is 22.9 Å². The van der Waals surface area contributed by atoms with E-state index in [4.69, 9.17) is 11.6 Å². The van der Waals surface area contributed by atoms with Crippen molar-refractivity contribution in [2.45, 2.75) is 17.1 Å². The van der Waals surface area contributed by atoms with Crippen LogP contribution < -0.4 is 10.0 Å². The maximum Gasteiger partial charge on any atom is 0.266 e. The largest absolute Gasteiger partial charge is 0.376 e. The minimum absolute atomic E-state index is 0.0498. The number of likely N-dealkylation sites (tertiary alicyclic amines) is 1. The molecule has 1 fully saturated rings. The molecule has 2 heterocycles. The van der Waals surface area contributed by atoms with Gasteiger partial charge < -0.3 is 5.32 Å². The van der Waals surface area contributed by atoms with Crippen LogP contribution in [0.3, 0.4) is 0 Å². The molecule has 0 saturated carbocycles. The number of hydrogen-bond donors (Lipinski definition) is 2. The molecule has 11 heteroatoms. The lowest BCUT2D eigenvalue weighted by Gasteiger charge is -2.37. The summed E-state index contributed by atoms with van der Waals surface area (Å²) in [6, 6.07) is 11.3. The molecule has 2 aromatic carbocycles. The lowest BCUT2D eigenvalue weighted by Crippen LogP contribution is -2.50. The lowest BCUT2D eigenvalue weighted by atomic mass is 10.0. The van der Waals surface area contributed by atoms with Crippen molar-refractivity contribution in [1.82, 2.24) is 9.88 Å². The number of alkyl halides is 1. The fraction of sp³-hybridized carbons (Fsp3) is 0.250. The molecule has 1 aliphatic heterocycles. The van der Waals surface area contributed by atoms with Crippen molar-refractivity contribution in [3.05, 3.63) is 70.4 Å². The Balaban J connectivity index is 1.58. The van der Waals surface area contributed by atoms with Gasteiger partial charge in [0, 0.05) is 31.2 Å². The molecule has 0 bridgehead atoms. The number of aromatic nitrogens is 1. The fourth-order valence-corrected chi connectivity index (χ4v) is 5.47. The first kappa shape index (κ1) is 21.9. The quantitative estimate of drug-likeness (QED) is 0.491. The molecule has 1 saturated heterocycles. The molecular weight excluding hydrogens is 466 g/mol. The summed E-state index contributed by atoms with van der Waals surface area (Å²) in [5.41, 5.74) is 1.17. The molecule has 0 spiro atoms. The highest BCUT2D eigenvalue weighted by Crippen LogP contribution is 2.32. The Hall–Kier alpha value is -2.27. The molecule has 1 unspecified atom stereocenters. The van der Waals surface area contributed by atoms with Crippen molar-refractivity contribution in [3.8, 4) is 0 Å². The number of thiazole rings is 1. The zero-order chi connectivity index (χ0) is 22.0. The number of nitrogens with zero attached hydrogens (tertiary/aromatic N) is 2. The van der Waals surface area contributed by atoms with E-state index in [1.165, 1.54) is 6.20 Å². The van der Waals surface area contributed by atoms with Crippen molar-refractivity contribution < 1.29 is 17.2 Å². The Kier molecular flexibility index (Phi) is 6.42. The predicted molar refractivity (Wildman–Crippen MR) is 118 cm³/mol. The van der Waals surface area contributed by atoms with E-state index in [-0.39, 0.29) is 21.9 Å². The average molecular weight is 485 g/mol. The predicted octanol–water partition coefficient (Wildman–Crippen LogP) is 4.54. The normalized spacial score (nSPS) is 16.0. The minimum atomic E-state index is -4.19. The maximum absolute atomic E-state index is 14.8. The van der Waals surface area contributed by atoms with Gasteiger partial charge in [0.1, 0.15) is 16.9 Å². The number of nitrogens with one attached hydrogen (secondary N) is 2. The fourth-order valence-electron chi connectivity index (χ4n) is 3.31. The maximum atomic E-state index is 14.8. The standard InChI is InChI=1S/C20H19ClF2N4O2S2/c21-15-8-19(31(28,29)26-20-24-6-7-30-20)16(23)9-17(15)25-18(12-27-10-14(22)11-27)13-4-2-1-3-5-13/h1-9,14,18,25H,10-12H2,(H,24,26). The van der Waals surface area contributed by atoms with E-state index in [1.807, 2.05) is 35.2 Å². The number of sulfonamides is 1. The van der Waals surface area contributed by atoms with Crippen LogP contribution in [0, 0.1) is 5.82 Å². The van der Waals surface area contributed by atoms with Crippen molar-refractivity contribution >= 4 is 43.8 Å². The van der Waals surface area contributed by atoms with Crippen LogP contribution in [0.15, 0.2) is 58.9 Å². The molecule has 6 nitrogen and oxygen atoms in total. The zero-order valence-corrected chi connectivity index (χ0v) is 18.5. The number of halogens is 3. The Morgan fingerprint density at radius 3 is 2.65 bits per heavy atom. The van der Waals surface area contributed by atoms with E-state index >= 15 is 0 Å². The van der Waals surface area contributed by atoms with Crippen molar-refractivity contribution in [2.24, 2.45) is 0 Å². The van der Waals surface area contributed by atoms with Gasteiger partial charge >= 0.3 is 0 Å². The number of rotatable bonds is 8. The smallest absolute Gasteiger partial charge is 0.266 e. The SMILES string of the molecule is O=S(=O)(Nc1nccs1)c1cc(Cl)c(NC(CN2CC(F)C2)c2ccccc2)cc1F. The first-order valence-electron chi connectivity index (χ1n) is 9.41. The van der Waals surface area contributed by atoms with Crippen molar-refractivity contribution in [2.75, 3.05) is 29.7 Å². The Morgan fingerprint density at radius 1 is 1.26 bits per heavy atom. The average Bonchev–Trinajstić information content (AvgIpc) is 3.21. The van der Waals surface area contributed by atoms with Gasteiger partial charge in [0.15, 0.2) is 5.13 Å². The Morgan fingerprint density at radius 2 is 2.00 bits per heavy atom. The molecule has 1 aliphatic rings. The van der Waals surface area contributed by atoms with Gasteiger partial charge in [0.05, 0.1) is 16.8 Å². The van der Waals surface area contributed by atoms with Crippen LogP contribution in [-0.4, -0.2) is 44.1 Å². The van der Waals surface area contributed by atoms with Gasteiger partial charge in [0.2, 0.25) is 0 Å². The number of anilines is 2. The van der Waals surface area contributed by atoms with Gasteiger partial charge in [-0.3, -0.25) is 9.62 Å².